The summed E-state index contributed by atoms with van der Waals surface area (Å²) in [5.41, 5.74) is 5.18. The van der Waals surface area contributed by atoms with Crippen LogP contribution in [0.2, 0.25) is 0 Å². The number of fused-ring (bicyclic) bond motifs is 2. The average molecular weight is 445 g/mol. The van der Waals surface area contributed by atoms with Crippen LogP contribution in [0.4, 0.5) is 0 Å². The molecule has 33 heavy (non-hydrogen) atoms. The highest BCUT2D eigenvalue weighted by Gasteiger charge is 2.25. The lowest BCUT2D eigenvalue weighted by molar-refractivity contribution is -0.131. The van der Waals surface area contributed by atoms with Crippen LogP contribution in [-0.2, 0) is 30.7 Å². The molecule has 1 aromatic carbocycles. The van der Waals surface area contributed by atoms with Crippen molar-refractivity contribution in [2.75, 3.05) is 13.3 Å². The van der Waals surface area contributed by atoms with E-state index >= 15 is 0 Å². The van der Waals surface area contributed by atoms with Crippen LogP contribution in [-0.4, -0.2) is 45.0 Å². The van der Waals surface area contributed by atoms with E-state index in [1.54, 1.807) is 0 Å². The third-order valence-corrected chi connectivity index (χ3v) is 5.96. The Morgan fingerprint density at radius 2 is 2.00 bits per heavy atom. The van der Waals surface area contributed by atoms with Gasteiger partial charge in [-0.15, -0.1) is 0 Å². The van der Waals surface area contributed by atoms with Gasteiger partial charge in [0.05, 0.1) is 12.6 Å². The molecule has 1 N–H and O–H groups in total. The van der Waals surface area contributed by atoms with Gasteiger partial charge in [-0.2, -0.15) is 0 Å². The summed E-state index contributed by atoms with van der Waals surface area (Å²) in [5, 5.41) is 2.91. The standard InChI is InChI=1S/C24H23N5O4/c1-15-19(11-28-24(31)20-12-25-5-6-26-20)18-4-7-29(13-17(18)10-27-15)23(30)9-16-2-3-21-22(8-16)33-14-32-21/h2-3,5-6,8,10,12H,4,7,9,11,13-14H2,1H3,(H,28,31). The largest absolute Gasteiger partial charge is 0.454 e. The summed E-state index contributed by atoms with van der Waals surface area (Å²) in [5.74, 6) is 1.16. The molecule has 0 saturated carbocycles. The molecular weight excluding hydrogens is 422 g/mol. The van der Waals surface area contributed by atoms with Gasteiger partial charge in [-0.1, -0.05) is 6.07 Å². The van der Waals surface area contributed by atoms with Crippen LogP contribution in [0.15, 0.2) is 43.0 Å². The fourth-order valence-corrected chi connectivity index (χ4v) is 4.18. The first-order valence-corrected chi connectivity index (χ1v) is 10.7. The summed E-state index contributed by atoms with van der Waals surface area (Å²) in [6, 6.07) is 5.60. The highest BCUT2D eigenvalue weighted by Crippen LogP contribution is 2.33. The number of amides is 2. The Hall–Kier alpha value is -4.01. The number of pyridine rings is 1. The van der Waals surface area contributed by atoms with E-state index in [1.807, 2.05) is 36.2 Å². The topological polar surface area (TPSA) is 107 Å². The van der Waals surface area contributed by atoms with E-state index in [2.05, 4.69) is 20.3 Å². The predicted molar refractivity (Wildman–Crippen MR) is 118 cm³/mol. The molecule has 4 heterocycles. The highest BCUT2D eigenvalue weighted by molar-refractivity contribution is 5.91. The molecule has 0 fully saturated rings. The molecule has 2 aromatic heterocycles. The Balaban J connectivity index is 1.26. The first-order valence-electron chi connectivity index (χ1n) is 10.7. The van der Waals surface area contributed by atoms with Crippen LogP contribution >= 0.6 is 0 Å². The molecule has 2 aliphatic rings. The summed E-state index contributed by atoms with van der Waals surface area (Å²) >= 11 is 0. The average Bonchev–Trinajstić information content (AvgIpc) is 3.31. The summed E-state index contributed by atoms with van der Waals surface area (Å²) in [6.07, 6.45) is 7.29. The maximum absolute atomic E-state index is 13.0. The maximum atomic E-state index is 13.0. The lowest BCUT2D eigenvalue weighted by Gasteiger charge is -2.30. The molecule has 3 aromatic rings. The van der Waals surface area contributed by atoms with E-state index in [0.717, 1.165) is 27.9 Å². The van der Waals surface area contributed by atoms with Crippen LogP contribution in [0.3, 0.4) is 0 Å². The van der Waals surface area contributed by atoms with Gasteiger partial charge in [0.2, 0.25) is 12.7 Å². The number of nitrogens with zero attached hydrogens (tertiary/aromatic N) is 4. The minimum atomic E-state index is -0.281. The quantitative estimate of drug-likeness (QED) is 0.640. The van der Waals surface area contributed by atoms with Gasteiger partial charge in [-0.05, 0) is 47.7 Å². The van der Waals surface area contributed by atoms with E-state index < -0.39 is 0 Å². The molecule has 9 heteroatoms. The number of ether oxygens (including phenoxy) is 2. The number of nitrogens with one attached hydrogen (secondary N) is 1. The van der Waals surface area contributed by atoms with Crippen molar-refractivity contribution in [1.82, 2.24) is 25.2 Å². The van der Waals surface area contributed by atoms with Crippen LogP contribution in [0.25, 0.3) is 0 Å². The first-order chi connectivity index (χ1) is 16.1. The fourth-order valence-electron chi connectivity index (χ4n) is 4.18. The zero-order chi connectivity index (χ0) is 22.8. The monoisotopic (exact) mass is 445 g/mol. The third-order valence-electron chi connectivity index (χ3n) is 5.96. The van der Waals surface area contributed by atoms with Gasteiger partial charge in [-0.3, -0.25) is 19.6 Å². The number of aromatic nitrogens is 3. The molecule has 0 saturated heterocycles. The maximum Gasteiger partial charge on any atom is 0.271 e. The van der Waals surface area contributed by atoms with Crippen molar-refractivity contribution in [3.05, 3.63) is 76.6 Å². The SMILES string of the molecule is Cc1ncc2c(c1CNC(=O)c1cnccn1)CCN(C(=O)Cc1ccc3c(c1)OCO3)C2. The molecule has 5 rings (SSSR count). The van der Waals surface area contributed by atoms with Gasteiger partial charge >= 0.3 is 0 Å². The molecule has 2 amide bonds. The second kappa shape index (κ2) is 8.85. The molecule has 0 radical (unpaired) electrons. The summed E-state index contributed by atoms with van der Waals surface area (Å²) in [6.45, 7) is 3.61. The second-order valence-corrected chi connectivity index (χ2v) is 8.03. The first kappa shape index (κ1) is 20.9. The predicted octanol–water partition coefficient (Wildman–Crippen LogP) is 1.97. The van der Waals surface area contributed by atoms with E-state index in [9.17, 15) is 9.59 Å². The van der Waals surface area contributed by atoms with Crippen molar-refractivity contribution in [2.45, 2.75) is 32.9 Å². The van der Waals surface area contributed by atoms with Crippen LogP contribution in [0, 0.1) is 6.92 Å². The lowest BCUT2D eigenvalue weighted by atomic mass is 9.94. The molecular formula is C24H23N5O4. The molecule has 9 nitrogen and oxygen atoms in total. The van der Waals surface area contributed by atoms with Crippen LogP contribution < -0.4 is 14.8 Å². The fraction of sp³-hybridized carbons (Fsp3) is 0.292. The molecule has 0 bridgehead atoms. The number of hydrogen-bond donors (Lipinski definition) is 1. The van der Waals surface area contributed by atoms with E-state index in [-0.39, 0.29) is 24.3 Å². The normalized spacial score (nSPS) is 14.0. The van der Waals surface area contributed by atoms with Gasteiger partial charge in [0, 0.05) is 43.9 Å². The van der Waals surface area contributed by atoms with Gasteiger partial charge in [0.1, 0.15) is 5.69 Å². The number of aryl methyl sites for hydroxylation is 1. The van der Waals surface area contributed by atoms with E-state index in [1.165, 1.54) is 18.6 Å². The van der Waals surface area contributed by atoms with Crippen molar-refractivity contribution >= 4 is 11.8 Å². The van der Waals surface area contributed by atoms with Crippen molar-refractivity contribution in [3.63, 3.8) is 0 Å². The van der Waals surface area contributed by atoms with Gasteiger partial charge in [-0.25, -0.2) is 4.98 Å². The summed E-state index contributed by atoms with van der Waals surface area (Å²) in [7, 11) is 0. The van der Waals surface area contributed by atoms with Gasteiger partial charge < -0.3 is 19.7 Å². The molecule has 168 valence electrons. The van der Waals surface area contributed by atoms with Gasteiger partial charge in [0.25, 0.3) is 5.91 Å². The number of rotatable bonds is 5. The van der Waals surface area contributed by atoms with Gasteiger partial charge in [0.15, 0.2) is 11.5 Å². The Labute approximate surface area is 190 Å². The van der Waals surface area contributed by atoms with E-state index in [4.69, 9.17) is 9.47 Å². The molecule has 2 aliphatic heterocycles. The van der Waals surface area contributed by atoms with E-state index in [0.29, 0.717) is 44.0 Å². The zero-order valence-corrected chi connectivity index (χ0v) is 18.2. The number of carbonyl (C=O) groups is 2. The lowest BCUT2D eigenvalue weighted by Crippen LogP contribution is -2.38. The number of hydrogen-bond acceptors (Lipinski definition) is 7. The molecule has 0 unspecified atom stereocenters. The Morgan fingerprint density at radius 3 is 2.85 bits per heavy atom. The minimum Gasteiger partial charge on any atom is -0.454 e. The molecule has 0 spiro atoms. The van der Waals surface area contributed by atoms with Crippen LogP contribution in [0.5, 0.6) is 11.5 Å². The second-order valence-electron chi connectivity index (χ2n) is 8.03. The molecule has 0 atom stereocenters. The Morgan fingerprint density at radius 1 is 1.12 bits per heavy atom. The minimum absolute atomic E-state index is 0.0533. The number of benzene rings is 1. The van der Waals surface area contributed by atoms with Crippen molar-refractivity contribution < 1.29 is 19.1 Å². The molecule has 0 aliphatic carbocycles. The third kappa shape index (κ3) is 4.34. The Bertz CT molecular complexity index is 1210. The van der Waals surface area contributed by atoms with Crippen molar-refractivity contribution in [3.8, 4) is 11.5 Å². The smallest absolute Gasteiger partial charge is 0.271 e. The summed E-state index contributed by atoms with van der Waals surface area (Å²) in [4.78, 5) is 39.7. The Kier molecular flexibility index (Phi) is 5.60. The number of carbonyl (C=O) groups excluding carboxylic acids is 2. The van der Waals surface area contributed by atoms with Crippen molar-refractivity contribution in [1.29, 1.82) is 0 Å². The van der Waals surface area contributed by atoms with Crippen LogP contribution in [0.1, 0.15) is 38.4 Å². The highest BCUT2D eigenvalue weighted by atomic mass is 16.7. The summed E-state index contributed by atoms with van der Waals surface area (Å²) < 4.78 is 10.7. The zero-order valence-electron chi connectivity index (χ0n) is 18.2. The van der Waals surface area contributed by atoms with Crippen molar-refractivity contribution in [2.24, 2.45) is 0 Å².